The van der Waals surface area contributed by atoms with Gasteiger partial charge in [0.1, 0.15) is 10.8 Å². The maximum atomic E-state index is 13.3. The van der Waals surface area contributed by atoms with E-state index in [1.807, 2.05) is 0 Å². The van der Waals surface area contributed by atoms with Crippen LogP contribution in [-0.2, 0) is 5.75 Å². The third-order valence-electron chi connectivity index (χ3n) is 3.60. The number of hydrogen-bond donors (Lipinski definition) is 2. The number of fused-ring (bicyclic) bond motifs is 1. The molecular weight excluding hydrogens is 411 g/mol. The van der Waals surface area contributed by atoms with Crippen molar-refractivity contribution in [1.82, 2.24) is 20.2 Å². The lowest BCUT2D eigenvalue weighted by molar-refractivity contribution is 0.102. The lowest BCUT2D eigenvalue weighted by Gasteiger charge is -2.01. The molecule has 0 aliphatic carbocycles. The Morgan fingerprint density at radius 2 is 1.86 bits per heavy atom. The number of amides is 1. The number of H-pyrrole nitrogens is 1. The van der Waals surface area contributed by atoms with E-state index in [0.29, 0.717) is 32.6 Å². The minimum atomic E-state index is -0.962. The maximum absolute atomic E-state index is 13.3. The quantitative estimate of drug-likeness (QED) is 0.468. The number of nitrogens with one attached hydrogen (secondary N) is 2. The molecule has 2 N–H and O–H groups in total. The molecule has 0 fully saturated rings. The summed E-state index contributed by atoms with van der Waals surface area (Å²) in [5.41, 5.74) is 1.15. The fourth-order valence-corrected chi connectivity index (χ4v) is 3.91. The van der Waals surface area contributed by atoms with Crippen LogP contribution < -0.4 is 5.32 Å². The Kier molecular flexibility index (Phi) is 5.01. The molecule has 4 aromatic rings. The van der Waals surface area contributed by atoms with Crippen molar-refractivity contribution in [2.45, 2.75) is 10.9 Å². The molecule has 0 saturated heterocycles. The minimum Gasteiger partial charge on any atom is -0.333 e. The van der Waals surface area contributed by atoms with Gasteiger partial charge in [-0.15, -0.1) is 10.2 Å². The average molecular weight is 421 g/mol. The van der Waals surface area contributed by atoms with E-state index in [9.17, 15) is 18.0 Å². The first kappa shape index (κ1) is 18.4. The SMILES string of the molecule is O=C(Nc1ccc(F)cc1)c1nnc(CSc2nc3cc(F)c(F)cc3[nH]2)s1. The fourth-order valence-electron chi connectivity index (χ4n) is 2.30. The Balaban J connectivity index is 1.40. The van der Waals surface area contributed by atoms with Crippen molar-refractivity contribution in [3.05, 3.63) is 63.9 Å². The number of aromatic amines is 1. The summed E-state index contributed by atoms with van der Waals surface area (Å²) in [6, 6.07) is 7.43. The van der Waals surface area contributed by atoms with Gasteiger partial charge in [0.2, 0.25) is 5.01 Å². The molecule has 0 bridgehead atoms. The predicted octanol–water partition coefficient (Wildman–Crippen LogP) is 4.38. The first-order chi connectivity index (χ1) is 13.5. The highest BCUT2D eigenvalue weighted by molar-refractivity contribution is 7.98. The van der Waals surface area contributed by atoms with Gasteiger partial charge in [0, 0.05) is 17.8 Å². The number of nitrogens with zero attached hydrogens (tertiary/aromatic N) is 3. The first-order valence-electron chi connectivity index (χ1n) is 7.85. The van der Waals surface area contributed by atoms with Crippen LogP contribution in [0.15, 0.2) is 41.6 Å². The lowest BCUT2D eigenvalue weighted by Crippen LogP contribution is -2.11. The third kappa shape index (κ3) is 3.99. The van der Waals surface area contributed by atoms with Crippen molar-refractivity contribution in [2.24, 2.45) is 0 Å². The predicted molar refractivity (Wildman–Crippen MR) is 99.8 cm³/mol. The molecule has 142 valence electrons. The van der Waals surface area contributed by atoms with E-state index in [0.717, 1.165) is 23.5 Å². The van der Waals surface area contributed by atoms with Crippen LogP contribution in [0.25, 0.3) is 11.0 Å². The largest absolute Gasteiger partial charge is 0.333 e. The summed E-state index contributed by atoms with van der Waals surface area (Å²) in [7, 11) is 0. The molecular formula is C17H10F3N5OS2. The standard InChI is InChI=1S/C17H10F3N5OS2/c18-8-1-3-9(4-2-8)21-15(26)16-25-24-14(28-16)7-27-17-22-12-5-10(19)11(20)6-13(12)23-17/h1-6H,7H2,(H,21,26)(H,22,23). The third-order valence-corrected chi connectivity index (χ3v) is 5.59. The summed E-state index contributed by atoms with van der Waals surface area (Å²) in [6.45, 7) is 0. The zero-order chi connectivity index (χ0) is 19.7. The highest BCUT2D eigenvalue weighted by Gasteiger charge is 2.15. The highest BCUT2D eigenvalue weighted by atomic mass is 32.2. The molecule has 0 unspecified atom stereocenters. The number of halogens is 3. The molecule has 4 rings (SSSR count). The Hall–Kier alpha value is -2.92. The van der Waals surface area contributed by atoms with Gasteiger partial charge >= 0.3 is 0 Å². The Labute approximate surface area is 164 Å². The molecule has 28 heavy (non-hydrogen) atoms. The first-order valence-corrected chi connectivity index (χ1v) is 9.65. The van der Waals surface area contributed by atoms with Crippen LogP contribution in [0.2, 0.25) is 0 Å². The van der Waals surface area contributed by atoms with Crippen LogP contribution in [0.5, 0.6) is 0 Å². The molecule has 2 aromatic heterocycles. The van der Waals surface area contributed by atoms with Crippen molar-refractivity contribution >= 4 is 45.7 Å². The van der Waals surface area contributed by atoms with E-state index in [2.05, 4.69) is 25.5 Å². The van der Waals surface area contributed by atoms with Crippen molar-refractivity contribution in [3.63, 3.8) is 0 Å². The molecule has 1 amide bonds. The van der Waals surface area contributed by atoms with Gasteiger partial charge in [0.25, 0.3) is 5.91 Å². The number of aromatic nitrogens is 4. The van der Waals surface area contributed by atoms with E-state index in [1.165, 1.54) is 36.0 Å². The number of anilines is 1. The number of carbonyl (C=O) groups excluding carboxylic acids is 1. The number of thioether (sulfide) groups is 1. The molecule has 11 heteroatoms. The zero-order valence-corrected chi connectivity index (χ0v) is 15.5. The molecule has 0 aliphatic heterocycles. The molecule has 2 heterocycles. The number of imidazole rings is 1. The van der Waals surface area contributed by atoms with Crippen LogP contribution in [0, 0.1) is 17.5 Å². The Morgan fingerprint density at radius 3 is 2.64 bits per heavy atom. The second-order valence-corrected chi connectivity index (χ2v) is 7.60. The summed E-state index contributed by atoms with van der Waals surface area (Å²) < 4.78 is 39.4. The van der Waals surface area contributed by atoms with Crippen LogP contribution in [0.4, 0.5) is 18.9 Å². The van der Waals surface area contributed by atoms with Gasteiger partial charge in [-0.25, -0.2) is 18.2 Å². The molecule has 2 aromatic carbocycles. The van der Waals surface area contributed by atoms with Crippen LogP contribution in [0.1, 0.15) is 14.8 Å². The van der Waals surface area contributed by atoms with Crippen molar-refractivity contribution in [3.8, 4) is 0 Å². The lowest BCUT2D eigenvalue weighted by atomic mass is 10.3. The number of carbonyl (C=O) groups is 1. The number of benzene rings is 2. The second-order valence-electron chi connectivity index (χ2n) is 5.58. The van der Waals surface area contributed by atoms with E-state index >= 15 is 0 Å². The zero-order valence-electron chi connectivity index (χ0n) is 13.9. The fraction of sp³-hybridized carbons (Fsp3) is 0.0588. The van der Waals surface area contributed by atoms with Gasteiger partial charge < -0.3 is 10.3 Å². The maximum Gasteiger partial charge on any atom is 0.286 e. The molecule has 6 nitrogen and oxygen atoms in total. The Morgan fingerprint density at radius 1 is 1.11 bits per heavy atom. The summed E-state index contributed by atoms with van der Waals surface area (Å²) in [5, 5.41) is 11.6. The normalized spacial score (nSPS) is 11.1. The van der Waals surface area contributed by atoms with E-state index in [-0.39, 0.29) is 5.01 Å². The summed E-state index contributed by atoms with van der Waals surface area (Å²) in [6.07, 6.45) is 0. The van der Waals surface area contributed by atoms with Crippen LogP contribution in [-0.4, -0.2) is 26.1 Å². The molecule has 0 aliphatic rings. The van der Waals surface area contributed by atoms with E-state index < -0.39 is 23.4 Å². The average Bonchev–Trinajstić information content (AvgIpc) is 3.29. The van der Waals surface area contributed by atoms with Crippen molar-refractivity contribution < 1.29 is 18.0 Å². The van der Waals surface area contributed by atoms with Gasteiger partial charge in [0.15, 0.2) is 16.8 Å². The molecule has 0 atom stereocenters. The molecule has 0 spiro atoms. The second kappa shape index (κ2) is 7.60. The summed E-state index contributed by atoms with van der Waals surface area (Å²) >= 11 is 2.37. The van der Waals surface area contributed by atoms with E-state index in [4.69, 9.17) is 0 Å². The molecule has 0 saturated carbocycles. The van der Waals surface area contributed by atoms with Crippen molar-refractivity contribution in [2.75, 3.05) is 5.32 Å². The summed E-state index contributed by atoms with van der Waals surface area (Å²) in [5.74, 6) is -2.39. The van der Waals surface area contributed by atoms with Gasteiger partial charge in [0.05, 0.1) is 16.8 Å². The van der Waals surface area contributed by atoms with Crippen molar-refractivity contribution in [1.29, 1.82) is 0 Å². The minimum absolute atomic E-state index is 0.161. The molecule has 0 radical (unpaired) electrons. The van der Waals surface area contributed by atoms with Gasteiger partial charge in [-0.3, -0.25) is 4.79 Å². The van der Waals surface area contributed by atoms with Gasteiger partial charge in [-0.05, 0) is 24.3 Å². The number of hydrogen-bond acceptors (Lipinski definition) is 6. The van der Waals surface area contributed by atoms with Crippen LogP contribution in [0.3, 0.4) is 0 Å². The summed E-state index contributed by atoms with van der Waals surface area (Å²) in [4.78, 5) is 19.2. The Bertz CT molecular complexity index is 1120. The van der Waals surface area contributed by atoms with Crippen LogP contribution >= 0.6 is 23.1 Å². The highest BCUT2D eigenvalue weighted by Crippen LogP contribution is 2.26. The topological polar surface area (TPSA) is 83.6 Å². The smallest absolute Gasteiger partial charge is 0.286 e. The van der Waals surface area contributed by atoms with Gasteiger partial charge in [-0.1, -0.05) is 23.1 Å². The monoisotopic (exact) mass is 421 g/mol. The van der Waals surface area contributed by atoms with E-state index in [1.54, 1.807) is 0 Å². The number of rotatable bonds is 5. The van der Waals surface area contributed by atoms with Gasteiger partial charge in [-0.2, -0.15) is 0 Å².